The Morgan fingerprint density at radius 2 is 0.410 bits per heavy atom. The quantitative estimate of drug-likeness (QED) is 0.0256. The van der Waals surface area contributed by atoms with Crippen molar-refractivity contribution in [2.45, 2.75) is 46.8 Å². The first-order chi connectivity index (χ1) is 19.0. The van der Waals surface area contributed by atoms with Crippen molar-refractivity contribution in [3.8, 4) is 0 Å². The van der Waals surface area contributed by atoms with Crippen LogP contribution in [0.4, 0.5) is 0 Å². The lowest BCUT2D eigenvalue weighted by molar-refractivity contribution is 1.03. The zero-order valence-corrected chi connectivity index (χ0v) is 38.1. The van der Waals surface area contributed by atoms with Crippen LogP contribution in [0.2, 0.25) is 0 Å². The van der Waals surface area contributed by atoms with Crippen LogP contribution in [0.1, 0.15) is 19.3 Å². The van der Waals surface area contributed by atoms with Gasteiger partial charge >= 0.3 is 0 Å². The van der Waals surface area contributed by atoms with Crippen LogP contribution in [0.5, 0.6) is 0 Å². The Labute approximate surface area is 334 Å². The zero-order valence-electron chi connectivity index (χ0n) is 21.1. The molecule has 0 heterocycles. The van der Waals surface area contributed by atoms with E-state index in [4.69, 9.17) is 0 Å². The lowest BCUT2D eigenvalue weighted by atomic mass is 10.5. The third-order valence-electron chi connectivity index (χ3n) is 4.25. The summed E-state index contributed by atoms with van der Waals surface area (Å²) in [6.45, 7) is 0. The second kappa shape index (κ2) is 34.8. The van der Waals surface area contributed by atoms with E-state index in [2.05, 4.69) is 148 Å². The van der Waals surface area contributed by atoms with E-state index in [1.807, 2.05) is 94.1 Å². The Kier molecular flexibility index (Phi) is 41.1. The summed E-state index contributed by atoms with van der Waals surface area (Å²) in [5, 5.41) is 8.97. The molecule has 0 aromatic rings. The number of hydrogen-bond donors (Lipinski definition) is 8. The van der Waals surface area contributed by atoms with Gasteiger partial charge in [0, 0.05) is 50.8 Å². The van der Waals surface area contributed by atoms with Crippen LogP contribution < -0.4 is 0 Å². The van der Waals surface area contributed by atoms with Crippen LogP contribution in [0, 0.1) is 0 Å². The molecule has 39 heavy (non-hydrogen) atoms. The van der Waals surface area contributed by atoms with E-state index < -0.39 is 0 Å². The Morgan fingerprint density at radius 1 is 0.256 bits per heavy atom. The number of thioether (sulfide) groups is 12. The van der Waals surface area contributed by atoms with Gasteiger partial charge in [0.2, 0.25) is 0 Å². The molecule has 236 valence electrons. The lowest BCUT2D eigenvalue weighted by Gasteiger charge is -2.25. The van der Waals surface area contributed by atoms with Gasteiger partial charge in [0.05, 0.1) is 27.5 Å². The molecule has 0 saturated carbocycles. The summed E-state index contributed by atoms with van der Waals surface area (Å²) in [5.41, 5.74) is 0. The molecule has 0 rings (SSSR count). The monoisotopic (exact) mass is 908 g/mol. The molecular formula is C19H40S20. The molecule has 0 aromatic carbocycles. The first-order valence-corrected chi connectivity index (χ1v) is 28.9. The van der Waals surface area contributed by atoms with Gasteiger partial charge in [-0.05, 0) is 19.3 Å². The Hall–Kier alpha value is 7.00. The molecule has 0 aromatic heterocycles. The minimum absolute atomic E-state index is 0.534. The molecule has 0 bridgehead atoms. The number of rotatable bonds is 30. The van der Waals surface area contributed by atoms with Crippen molar-refractivity contribution in [3.63, 3.8) is 0 Å². The van der Waals surface area contributed by atoms with Crippen molar-refractivity contribution < 1.29 is 0 Å². The van der Waals surface area contributed by atoms with Gasteiger partial charge in [-0.25, -0.2) is 0 Å². The van der Waals surface area contributed by atoms with Crippen molar-refractivity contribution in [2.24, 2.45) is 0 Å². The molecule has 0 aliphatic heterocycles. The molecule has 20 heteroatoms. The molecule has 0 aliphatic carbocycles. The maximum atomic E-state index is 4.56. The predicted molar refractivity (Wildman–Crippen MR) is 248 cm³/mol. The topological polar surface area (TPSA) is 0 Å². The first-order valence-electron chi connectivity index (χ1n) is 11.3. The summed E-state index contributed by atoms with van der Waals surface area (Å²) < 4.78 is 3.23. The third-order valence-corrected chi connectivity index (χ3v) is 22.9. The minimum atomic E-state index is 0.534. The fraction of sp³-hybridized carbons (Fsp3) is 1.00. The normalized spacial score (nSPS) is 15.2. The fourth-order valence-corrected chi connectivity index (χ4v) is 25.1. The van der Waals surface area contributed by atoms with Crippen molar-refractivity contribution in [2.75, 3.05) is 50.8 Å². The van der Waals surface area contributed by atoms with E-state index in [9.17, 15) is 0 Å². The van der Waals surface area contributed by atoms with Gasteiger partial charge in [0.1, 0.15) is 0 Å². The largest absolute Gasteiger partial charge is 0.168 e. The van der Waals surface area contributed by atoms with Gasteiger partial charge in [-0.1, -0.05) is 0 Å². The standard InChI is InChI=1S/C19H40S20/c20-4-28-14(29-5-21)1-16(32-8-24)36-12-38-18(34-10-26)3-19(35-11-27)39-13-37-17(33-9-25)2-15(30-6-22)31-7-23/h14-27H,1-13H2. The van der Waals surface area contributed by atoms with Crippen LogP contribution in [0.25, 0.3) is 0 Å². The second-order valence-corrected chi connectivity index (χ2v) is 29.3. The minimum Gasteiger partial charge on any atom is -0.168 e. The van der Waals surface area contributed by atoms with Gasteiger partial charge in [0.25, 0.3) is 0 Å². The van der Waals surface area contributed by atoms with Crippen molar-refractivity contribution >= 4 is 242 Å². The van der Waals surface area contributed by atoms with Crippen LogP contribution >= 0.6 is 242 Å². The van der Waals surface area contributed by atoms with Gasteiger partial charge in [0.15, 0.2) is 0 Å². The van der Waals surface area contributed by atoms with Gasteiger partial charge in [-0.15, -0.1) is 141 Å². The molecule has 0 saturated heterocycles. The maximum Gasteiger partial charge on any atom is 0.0537 e. The molecule has 4 atom stereocenters. The second-order valence-electron chi connectivity index (χ2n) is 6.55. The van der Waals surface area contributed by atoms with Crippen LogP contribution in [-0.2, 0) is 0 Å². The van der Waals surface area contributed by atoms with Crippen LogP contribution in [0.15, 0.2) is 0 Å². The van der Waals surface area contributed by atoms with E-state index in [1.165, 1.54) is 0 Å². The number of thiol groups is 8. The van der Waals surface area contributed by atoms with Gasteiger partial charge in [-0.3, -0.25) is 0 Å². The van der Waals surface area contributed by atoms with Crippen molar-refractivity contribution in [3.05, 3.63) is 0 Å². The van der Waals surface area contributed by atoms with Crippen LogP contribution in [0.3, 0.4) is 0 Å². The van der Waals surface area contributed by atoms with E-state index in [-0.39, 0.29) is 0 Å². The average Bonchev–Trinajstić information content (AvgIpc) is 2.89. The lowest BCUT2D eigenvalue weighted by Crippen LogP contribution is -2.11. The van der Waals surface area contributed by atoms with Gasteiger partial charge in [-0.2, -0.15) is 101 Å². The highest BCUT2D eigenvalue weighted by molar-refractivity contribution is 8.30. The highest BCUT2D eigenvalue weighted by atomic mass is 32.3. The summed E-state index contributed by atoms with van der Waals surface area (Å²) in [6, 6.07) is 0. The predicted octanol–water partition coefficient (Wildman–Crippen LogP) is 11.9. The molecule has 0 spiro atoms. The molecule has 0 aliphatic rings. The molecule has 0 fully saturated rings. The molecule has 0 N–H and O–H groups in total. The Bertz CT molecular complexity index is 452. The molecule has 4 unspecified atom stereocenters. The SMILES string of the molecule is SCSC(CC(SCS)SCSC(CC(SCS)SCSC(CC(SCS)SCS)SCS)SCS)SCS. The summed E-state index contributed by atoms with van der Waals surface area (Å²) in [7, 11) is 0. The first kappa shape index (κ1) is 46.0. The van der Waals surface area contributed by atoms with Crippen molar-refractivity contribution in [1.82, 2.24) is 0 Å². The maximum absolute atomic E-state index is 4.56. The van der Waals surface area contributed by atoms with E-state index >= 15 is 0 Å². The van der Waals surface area contributed by atoms with Crippen molar-refractivity contribution in [1.29, 1.82) is 0 Å². The molecule has 0 nitrogen and oxygen atoms in total. The van der Waals surface area contributed by atoms with Gasteiger partial charge < -0.3 is 0 Å². The molecular weight excluding hydrogens is 870 g/mol. The summed E-state index contributed by atoms with van der Waals surface area (Å²) in [4.78, 5) is 0. The van der Waals surface area contributed by atoms with E-state index in [0.29, 0.717) is 27.5 Å². The van der Waals surface area contributed by atoms with E-state index in [0.717, 1.165) is 70.1 Å². The highest BCUT2D eigenvalue weighted by Crippen LogP contribution is 2.44. The summed E-state index contributed by atoms with van der Waals surface area (Å²) in [5.74, 6) is 0. The summed E-state index contributed by atoms with van der Waals surface area (Å²) in [6.07, 6.45) is 3.45. The highest BCUT2D eigenvalue weighted by Gasteiger charge is 2.23. The molecule has 0 amide bonds. The number of hydrogen-bond acceptors (Lipinski definition) is 20. The average molecular weight is 910 g/mol. The fourth-order valence-electron chi connectivity index (χ4n) is 2.62. The Balaban J connectivity index is 4.87. The van der Waals surface area contributed by atoms with E-state index in [1.54, 1.807) is 0 Å². The summed E-state index contributed by atoms with van der Waals surface area (Å²) >= 11 is 59.6. The Morgan fingerprint density at radius 3 is 0.564 bits per heavy atom. The zero-order chi connectivity index (χ0) is 29.1. The third kappa shape index (κ3) is 27.5. The smallest absolute Gasteiger partial charge is 0.0537 e. The molecule has 0 radical (unpaired) electrons. The van der Waals surface area contributed by atoms with Crippen LogP contribution in [-0.4, -0.2) is 78.3 Å².